The molecule has 0 N–H and O–H groups in total. The maximum atomic E-state index is 6.71. The molecule has 0 aliphatic rings. The minimum atomic E-state index is 0.533. The van der Waals surface area contributed by atoms with Crippen molar-refractivity contribution in [3.05, 3.63) is 194 Å². The van der Waals surface area contributed by atoms with Crippen LogP contribution in [-0.4, -0.2) is 29.5 Å². The Morgan fingerprint density at radius 2 is 0.937 bits per heavy atom. The maximum absolute atomic E-state index is 6.71. The molecule has 8 heteroatoms. The van der Waals surface area contributed by atoms with Crippen LogP contribution in [0.2, 0.25) is 0 Å². The molecule has 0 amide bonds. The van der Waals surface area contributed by atoms with Crippen molar-refractivity contribution in [2.24, 2.45) is 0 Å². The van der Waals surface area contributed by atoms with Crippen LogP contribution in [0.15, 0.2) is 203 Å². The summed E-state index contributed by atoms with van der Waals surface area (Å²) in [6.45, 7) is 0. The monoisotopic (exact) mass is 808 g/mol. The molecular formula is C55H32N6O2. The molecule has 13 aromatic rings. The van der Waals surface area contributed by atoms with Gasteiger partial charge in [-0.3, -0.25) is 4.57 Å². The van der Waals surface area contributed by atoms with Gasteiger partial charge in [0, 0.05) is 43.6 Å². The fourth-order valence-electron chi connectivity index (χ4n) is 8.93. The van der Waals surface area contributed by atoms with Crippen molar-refractivity contribution < 1.29 is 8.83 Å². The van der Waals surface area contributed by atoms with Crippen molar-refractivity contribution >= 4 is 65.8 Å². The quantitative estimate of drug-likeness (QED) is 0.165. The van der Waals surface area contributed by atoms with Gasteiger partial charge in [-0.1, -0.05) is 140 Å². The van der Waals surface area contributed by atoms with Crippen LogP contribution in [0.25, 0.3) is 128 Å². The first-order valence-corrected chi connectivity index (χ1v) is 20.8. The third-order valence-electron chi connectivity index (χ3n) is 11.9. The van der Waals surface area contributed by atoms with E-state index in [4.69, 9.17) is 33.8 Å². The molecule has 0 unspecified atom stereocenters. The van der Waals surface area contributed by atoms with Gasteiger partial charge in [-0.2, -0.15) is 9.97 Å². The maximum Gasteiger partial charge on any atom is 0.238 e. The Labute approximate surface area is 359 Å². The van der Waals surface area contributed by atoms with Crippen molar-refractivity contribution in [2.45, 2.75) is 0 Å². The average molecular weight is 809 g/mol. The van der Waals surface area contributed by atoms with Crippen LogP contribution in [0.4, 0.5) is 0 Å². The molecule has 0 aliphatic carbocycles. The SMILES string of the molecule is c1ccc(-c2ccc3c(c2)c2ccccc2n3-c2nc(-c3ccccc3)nc(-c3ccc4oc5c(-c6nc(-c7ccccc7)c7oc8ccccc8c7n6)cccc5c4c3)n2)cc1. The second-order valence-electron chi connectivity index (χ2n) is 15.6. The summed E-state index contributed by atoms with van der Waals surface area (Å²) in [5.74, 6) is 2.21. The normalized spacial score (nSPS) is 11.8. The number of aromatic nitrogens is 6. The number of nitrogens with zero attached hydrogens (tertiary/aromatic N) is 6. The van der Waals surface area contributed by atoms with Gasteiger partial charge in [0.1, 0.15) is 28.0 Å². The lowest BCUT2D eigenvalue weighted by atomic mass is 10.0. The number of hydrogen-bond donors (Lipinski definition) is 0. The number of hydrogen-bond acceptors (Lipinski definition) is 7. The van der Waals surface area contributed by atoms with Gasteiger partial charge in [0.05, 0.1) is 16.6 Å². The van der Waals surface area contributed by atoms with Gasteiger partial charge in [-0.05, 0) is 65.7 Å². The molecule has 0 bridgehead atoms. The average Bonchev–Trinajstić information content (AvgIpc) is 4.03. The van der Waals surface area contributed by atoms with E-state index in [1.165, 1.54) is 0 Å². The summed E-state index contributed by atoms with van der Waals surface area (Å²) in [6.07, 6.45) is 0. The van der Waals surface area contributed by atoms with Gasteiger partial charge < -0.3 is 8.83 Å². The van der Waals surface area contributed by atoms with E-state index in [9.17, 15) is 0 Å². The van der Waals surface area contributed by atoms with Gasteiger partial charge >= 0.3 is 0 Å². The molecule has 5 aromatic heterocycles. The van der Waals surface area contributed by atoms with Crippen molar-refractivity contribution in [1.82, 2.24) is 29.5 Å². The fourth-order valence-corrected chi connectivity index (χ4v) is 8.93. The molecule has 0 aliphatic heterocycles. The van der Waals surface area contributed by atoms with Crippen molar-refractivity contribution in [2.75, 3.05) is 0 Å². The highest BCUT2D eigenvalue weighted by atomic mass is 16.3. The zero-order valence-corrected chi connectivity index (χ0v) is 33.5. The second kappa shape index (κ2) is 13.9. The minimum absolute atomic E-state index is 0.533. The predicted molar refractivity (Wildman–Crippen MR) is 251 cm³/mol. The lowest BCUT2D eigenvalue weighted by Crippen LogP contribution is -2.06. The fraction of sp³-hybridized carbons (Fsp3) is 0. The lowest BCUT2D eigenvalue weighted by Gasteiger charge is -2.11. The topological polar surface area (TPSA) is 95.7 Å². The number of furan rings is 2. The van der Waals surface area contributed by atoms with E-state index in [1.807, 2.05) is 115 Å². The highest BCUT2D eigenvalue weighted by molar-refractivity contribution is 6.12. The Morgan fingerprint density at radius 1 is 0.333 bits per heavy atom. The Balaban J connectivity index is 0.993. The Bertz CT molecular complexity index is 3910. The van der Waals surface area contributed by atoms with E-state index >= 15 is 0 Å². The predicted octanol–water partition coefficient (Wildman–Crippen LogP) is 13.9. The molecule has 8 aromatic carbocycles. The van der Waals surface area contributed by atoms with E-state index in [1.54, 1.807) is 0 Å². The van der Waals surface area contributed by atoms with Crippen LogP contribution in [0.1, 0.15) is 0 Å². The summed E-state index contributed by atoms with van der Waals surface area (Å²) >= 11 is 0. The highest BCUT2D eigenvalue weighted by Gasteiger charge is 2.23. The van der Waals surface area contributed by atoms with Crippen LogP contribution in [-0.2, 0) is 0 Å². The number of benzene rings is 8. The Morgan fingerprint density at radius 3 is 1.75 bits per heavy atom. The van der Waals surface area contributed by atoms with Gasteiger partial charge in [0.2, 0.25) is 5.95 Å². The van der Waals surface area contributed by atoms with E-state index in [0.29, 0.717) is 34.6 Å². The molecule has 0 saturated heterocycles. The standard InChI is InChI=1S/C55H32N6O2/c1-4-15-33(16-5-1)36-27-29-45-42(31-36)38-21-10-12-25-44(38)61(45)55-59-52(35-19-8-3-9-20-35)58-53(60-55)37-28-30-47-43(32-37)39-23-14-24-41(50(39)62-47)54-56-48(34-17-6-2-7-18-34)51-49(57-54)40-22-11-13-26-46(40)63-51/h1-32H. The molecule has 0 spiro atoms. The Kier molecular flexibility index (Phi) is 7.74. The number of para-hydroxylation sites is 3. The lowest BCUT2D eigenvalue weighted by molar-refractivity contribution is 0.666. The third-order valence-corrected chi connectivity index (χ3v) is 11.9. The van der Waals surface area contributed by atoms with Crippen molar-refractivity contribution in [3.63, 3.8) is 0 Å². The van der Waals surface area contributed by atoms with Crippen LogP contribution in [0.3, 0.4) is 0 Å². The van der Waals surface area contributed by atoms with Gasteiger partial charge in [-0.15, -0.1) is 0 Å². The zero-order chi connectivity index (χ0) is 41.4. The summed E-state index contributed by atoms with van der Waals surface area (Å²) in [5, 5.41) is 5.03. The molecule has 0 radical (unpaired) electrons. The summed E-state index contributed by atoms with van der Waals surface area (Å²) in [4.78, 5) is 25.9. The number of rotatable bonds is 6. The van der Waals surface area contributed by atoms with Crippen LogP contribution >= 0.6 is 0 Å². The smallest absolute Gasteiger partial charge is 0.238 e. The van der Waals surface area contributed by atoms with Crippen molar-refractivity contribution in [3.8, 4) is 62.5 Å². The second-order valence-corrected chi connectivity index (χ2v) is 15.6. The summed E-state index contributed by atoms with van der Waals surface area (Å²) in [6, 6.07) is 65.9. The zero-order valence-electron chi connectivity index (χ0n) is 33.5. The van der Waals surface area contributed by atoms with E-state index in [0.717, 1.165) is 93.7 Å². The Hall–Kier alpha value is -8.75. The van der Waals surface area contributed by atoms with Gasteiger partial charge in [0.25, 0.3) is 0 Å². The van der Waals surface area contributed by atoms with E-state index < -0.39 is 0 Å². The van der Waals surface area contributed by atoms with Crippen LogP contribution in [0, 0.1) is 0 Å². The van der Waals surface area contributed by atoms with Gasteiger partial charge in [-0.25, -0.2) is 15.0 Å². The first-order valence-electron chi connectivity index (χ1n) is 20.8. The summed E-state index contributed by atoms with van der Waals surface area (Å²) < 4.78 is 15.2. The third kappa shape index (κ3) is 5.66. The first-order chi connectivity index (χ1) is 31.2. The van der Waals surface area contributed by atoms with Crippen molar-refractivity contribution in [1.29, 1.82) is 0 Å². The molecule has 0 atom stereocenters. The molecule has 8 nitrogen and oxygen atoms in total. The van der Waals surface area contributed by atoms with E-state index in [2.05, 4.69) is 83.4 Å². The summed E-state index contributed by atoms with van der Waals surface area (Å²) in [7, 11) is 0. The van der Waals surface area contributed by atoms with Gasteiger partial charge in [0.15, 0.2) is 23.1 Å². The molecular weight excluding hydrogens is 777 g/mol. The number of fused-ring (bicyclic) bond motifs is 9. The van der Waals surface area contributed by atoms with Crippen LogP contribution < -0.4 is 0 Å². The van der Waals surface area contributed by atoms with Crippen LogP contribution in [0.5, 0.6) is 0 Å². The largest absolute Gasteiger partial charge is 0.455 e. The highest BCUT2D eigenvalue weighted by Crippen LogP contribution is 2.41. The molecule has 294 valence electrons. The molecule has 5 heterocycles. The summed E-state index contributed by atoms with van der Waals surface area (Å²) in [5.41, 5.74) is 12.1. The molecule has 13 rings (SSSR count). The molecule has 0 saturated carbocycles. The molecule has 0 fully saturated rings. The van der Waals surface area contributed by atoms with E-state index in [-0.39, 0.29) is 0 Å². The minimum Gasteiger partial charge on any atom is -0.455 e. The molecule has 63 heavy (non-hydrogen) atoms. The first kappa shape index (κ1) is 35.0.